The molecule has 0 bridgehead atoms. The largest absolute Gasteiger partial charge is 0.381 e. The molecule has 0 spiro atoms. The SMILES string of the molecule is CNC(C)(C)c1nc(C2CCOCC2)no1. The second kappa shape index (κ2) is 4.51. The zero-order valence-electron chi connectivity index (χ0n) is 10.1. The molecule has 90 valence electrons. The highest BCUT2D eigenvalue weighted by Gasteiger charge is 2.28. The first-order valence-corrected chi connectivity index (χ1v) is 5.74. The Morgan fingerprint density at radius 3 is 2.62 bits per heavy atom. The molecular formula is C11H19N3O2. The molecule has 2 rings (SSSR count). The quantitative estimate of drug-likeness (QED) is 0.843. The molecule has 0 amide bonds. The maximum absolute atomic E-state index is 5.32. The molecular weight excluding hydrogens is 206 g/mol. The van der Waals surface area contributed by atoms with E-state index in [9.17, 15) is 0 Å². The maximum atomic E-state index is 5.32. The van der Waals surface area contributed by atoms with E-state index in [2.05, 4.69) is 15.5 Å². The molecule has 1 aliphatic heterocycles. The molecule has 1 N–H and O–H groups in total. The Hall–Kier alpha value is -0.940. The van der Waals surface area contributed by atoms with Gasteiger partial charge in [0.1, 0.15) is 0 Å². The van der Waals surface area contributed by atoms with Crippen LogP contribution in [0.4, 0.5) is 0 Å². The summed E-state index contributed by atoms with van der Waals surface area (Å²) in [7, 11) is 1.89. The van der Waals surface area contributed by atoms with Crippen molar-refractivity contribution in [3.63, 3.8) is 0 Å². The molecule has 0 atom stereocenters. The van der Waals surface area contributed by atoms with Gasteiger partial charge in [-0.15, -0.1) is 0 Å². The van der Waals surface area contributed by atoms with Crippen LogP contribution in [0.15, 0.2) is 4.52 Å². The number of rotatable bonds is 3. The smallest absolute Gasteiger partial charge is 0.246 e. The summed E-state index contributed by atoms with van der Waals surface area (Å²) in [5.74, 6) is 1.86. The Labute approximate surface area is 95.6 Å². The number of nitrogens with zero attached hydrogens (tertiary/aromatic N) is 2. The average Bonchev–Trinajstić information content (AvgIpc) is 2.80. The zero-order valence-corrected chi connectivity index (χ0v) is 10.1. The van der Waals surface area contributed by atoms with Crippen molar-refractivity contribution in [1.82, 2.24) is 15.5 Å². The Morgan fingerprint density at radius 1 is 1.31 bits per heavy atom. The normalized spacial score (nSPS) is 18.9. The van der Waals surface area contributed by atoms with Gasteiger partial charge in [-0.2, -0.15) is 4.98 Å². The monoisotopic (exact) mass is 225 g/mol. The third-order valence-corrected chi connectivity index (χ3v) is 3.19. The maximum Gasteiger partial charge on any atom is 0.246 e. The van der Waals surface area contributed by atoms with E-state index in [0.717, 1.165) is 31.9 Å². The molecule has 0 unspecified atom stereocenters. The minimum absolute atomic E-state index is 0.267. The van der Waals surface area contributed by atoms with Gasteiger partial charge in [0.05, 0.1) is 5.54 Å². The number of nitrogens with one attached hydrogen (secondary N) is 1. The van der Waals surface area contributed by atoms with E-state index in [-0.39, 0.29) is 5.54 Å². The third kappa shape index (κ3) is 2.25. The van der Waals surface area contributed by atoms with E-state index in [1.807, 2.05) is 20.9 Å². The summed E-state index contributed by atoms with van der Waals surface area (Å²) in [5, 5.41) is 7.23. The molecule has 1 aromatic rings. The molecule has 2 heterocycles. The van der Waals surface area contributed by atoms with Crippen LogP contribution in [0.5, 0.6) is 0 Å². The summed E-state index contributed by atoms with van der Waals surface area (Å²) in [6.45, 7) is 5.64. The van der Waals surface area contributed by atoms with Gasteiger partial charge in [0.2, 0.25) is 5.89 Å². The minimum atomic E-state index is -0.267. The van der Waals surface area contributed by atoms with Crippen LogP contribution in [0.3, 0.4) is 0 Å². The summed E-state index contributed by atoms with van der Waals surface area (Å²) < 4.78 is 10.6. The summed E-state index contributed by atoms with van der Waals surface area (Å²) in [5.41, 5.74) is -0.267. The van der Waals surface area contributed by atoms with E-state index >= 15 is 0 Å². The molecule has 1 fully saturated rings. The van der Waals surface area contributed by atoms with Crippen LogP contribution < -0.4 is 5.32 Å². The molecule has 0 saturated carbocycles. The van der Waals surface area contributed by atoms with Crippen molar-refractivity contribution in [3.8, 4) is 0 Å². The molecule has 16 heavy (non-hydrogen) atoms. The molecule has 5 nitrogen and oxygen atoms in total. The first kappa shape index (κ1) is 11.5. The van der Waals surface area contributed by atoms with Gasteiger partial charge in [-0.25, -0.2) is 0 Å². The number of hydrogen-bond donors (Lipinski definition) is 1. The van der Waals surface area contributed by atoms with Crippen molar-refractivity contribution in [2.75, 3.05) is 20.3 Å². The Bertz CT molecular complexity index is 343. The highest BCUT2D eigenvalue weighted by molar-refractivity contribution is 5.02. The van der Waals surface area contributed by atoms with E-state index in [4.69, 9.17) is 9.26 Å². The number of ether oxygens (including phenoxy) is 1. The van der Waals surface area contributed by atoms with E-state index in [0.29, 0.717) is 11.8 Å². The van der Waals surface area contributed by atoms with Crippen LogP contribution in [0.2, 0.25) is 0 Å². The van der Waals surface area contributed by atoms with Crippen LogP contribution in [-0.2, 0) is 10.3 Å². The highest BCUT2D eigenvalue weighted by atomic mass is 16.5. The average molecular weight is 225 g/mol. The zero-order chi connectivity index (χ0) is 11.6. The van der Waals surface area contributed by atoms with Gasteiger partial charge >= 0.3 is 0 Å². The summed E-state index contributed by atoms with van der Waals surface area (Å²) in [6, 6.07) is 0. The van der Waals surface area contributed by atoms with Crippen molar-refractivity contribution in [1.29, 1.82) is 0 Å². The Balaban J connectivity index is 2.12. The van der Waals surface area contributed by atoms with Gasteiger partial charge < -0.3 is 14.6 Å². The number of aromatic nitrogens is 2. The van der Waals surface area contributed by atoms with Crippen LogP contribution >= 0.6 is 0 Å². The minimum Gasteiger partial charge on any atom is -0.381 e. The lowest BCUT2D eigenvalue weighted by Gasteiger charge is -2.19. The van der Waals surface area contributed by atoms with Gasteiger partial charge in [0, 0.05) is 19.1 Å². The fourth-order valence-electron chi connectivity index (χ4n) is 1.72. The molecule has 0 aliphatic carbocycles. The van der Waals surface area contributed by atoms with E-state index in [1.54, 1.807) is 0 Å². The fraction of sp³-hybridized carbons (Fsp3) is 0.818. The topological polar surface area (TPSA) is 60.2 Å². The lowest BCUT2D eigenvalue weighted by molar-refractivity contribution is 0.0830. The Kier molecular flexibility index (Phi) is 3.25. The molecule has 5 heteroatoms. The second-order valence-electron chi connectivity index (χ2n) is 4.72. The number of hydrogen-bond acceptors (Lipinski definition) is 5. The van der Waals surface area contributed by atoms with Crippen molar-refractivity contribution >= 4 is 0 Å². The van der Waals surface area contributed by atoms with Gasteiger partial charge in [-0.05, 0) is 33.7 Å². The highest BCUT2D eigenvalue weighted by Crippen LogP contribution is 2.26. The predicted molar refractivity (Wildman–Crippen MR) is 59.2 cm³/mol. The summed E-state index contributed by atoms with van der Waals surface area (Å²) in [6.07, 6.45) is 1.97. The van der Waals surface area contributed by atoms with Gasteiger partial charge in [0.15, 0.2) is 5.82 Å². The molecule has 0 radical (unpaired) electrons. The van der Waals surface area contributed by atoms with Gasteiger partial charge in [-0.3, -0.25) is 0 Å². The first-order chi connectivity index (χ1) is 7.63. The lowest BCUT2D eigenvalue weighted by atomic mass is 9.99. The predicted octanol–water partition coefficient (Wildman–Crippen LogP) is 1.42. The summed E-state index contributed by atoms with van der Waals surface area (Å²) >= 11 is 0. The molecule has 1 saturated heterocycles. The van der Waals surface area contributed by atoms with Gasteiger partial charge in [-0.1, -0.05) is 5.16 Å². The third-order valence-electron chi connectivity index (χ3n) is 3.19. The standard InChI is InChI=1S/C11H19N3O2/c1-11(2,12-3)10-13-9(14-16-10)8-4-6-15-7-5-8/h8,12H,4-7H2,1-3H3. The second-order valence-corrected chi connectivity index (χ2v) is 4.72. The van der Waals surface area contributed by atoms with Crippen molar-refractivity contribution in [2.45, 2.75) is 38.1 Å². The van der Waals surface area contributed by atoms with Crippen LogP contribution in [-0.4, -0.2) is 30.4 Å². The van der Waals surface area contributed by atoms with Gasteiger partial charge in [0.25, 0.3) is 0 Å². The summed E-state index contributed by atoms with van der Waals surface area (Å²) in [4.78, 5) is 4.48. The van der Waals surface area contributed by atoms with Crippen LogP contribution in [0, 0.1) is 0 Å². The van der Waals surface area contributed by atoms with Crippen molar-refractivity contribution < 1.29 is 9.26 Å². The van der Waals surface area contributed by atoms with E-state index < -0.39 is 0 Å². The fourth-order valence-corrected chi connectivity index (χ4v) is 1.72. The lowest BCUT2D eigenvalue weighted by Crippen LogP contribution is -2.33. The van der Waals surface area contributed by atoms with Crippen molar-refractivity contribution in [3.05, 3.63) is 11.7 Å². The van der Waals surface area contributed by atoms with Crippen LogP contribution in [0.25, 0.3) is 0 Å². The van der Waals surface area contributed by atoms with E-state index in [1.165, 1.54) is 0 Å². The Morgan fingerprint density at radius 2 is 2.00 bits per heavy atom. The molecule has 0 aromatic carbocycles. The van der Waals surface area contributed by atoms with Crippen LogP contribution in [0.1, 0.15) is 44.3 Å². The first-order valence-electron chi connectivity index (χ1n) is 5.74. The molecule has 1 aromatic heterocycles. The van der Waals surface area contributed by atoms with Crippen molar-refractivity contribution in [2.24, 2.45) is 0 Å². The molecule has 1 aliphatic rings.